The number of carbonyl (C=O) groups excluding carboxylic acids is 1. The zero-order valence-corrected chi connectivity index (χ0v) is 15.7. The first kappa shape index (κ1) is 16.7. The highest BCUT2D eigenvalue weighted by Crippen LogP contribution is 2.41. The smallest absolute Gasteiger partial charge is 0.223 e. The van der Waals surface area contributed by atoms with E-state index in [2.05, 4.69) is 25.2 Å². The predicted octanol–water partition coefficient (Wildman–Crippen LogP) is 2.50. The molecule has 4 heterocycles. The third-order valence-electron chi connectivity index (χ3n) is 5.49. The zero-order valence-electron chi connectivity index (χ0n) is 14.9. The Morgan fingerprint density at radius 3 is 2.72 bits per heavy atom. The van der Waals surface area contributed by atoms with Crippen LogP contribution in [0.3, 0.4) is 0 Å². The van der Waals surface area contributed by atoms with Gasteiger partial charge in [-0.15, -0.1) is 11.3 Å². The Labute approximate surface area is 152 Å². The van der Waals surface area contributed by atoms with Crippen LogP contribution in [0.15, 0.2) is 11.6 Å². The van der Waals surface area contributed by atoms with Crippen LogP contribution in [0.2, 0.25) is 0 Å². The molecule has 2 aliphatic rings. The molecule has 0 aromatic carbocycles. The van der Waals surface area contributed by atoms with Crippen molar-refractivity contribution in [2.24, 2.45) is 5.41 Å². The first-order chi connectivity index (χ1) is 12.0. The number of rotatable bonds is 4. The number of nitrogens with one attached hydrogen (secondary N) is 1. The van der Waals surface area contributed by atoms with Gasteiger partial charge in [-0.2, -0.15) is 0 Å². The van der Waals surface area contributed by atoms with Gasteiger partial charge in [0.15, 0.2) is 0 Å². The van der Waals surface area contributed by atoms with E-state index in [1.165, 1.54) is 5.69 Å². The van der Waals surface area contributed by atoms with Crippen LogP contribution < -0.4 is 0 Å². The SMILES string of the molecule is Cc1ncc(CN2CCC3(CC2)CC(=O)N(Cc2csc(C)n2)C3)[nH]1. The summed E-state index contributed by atoms with van der Waals surface area (Å²) in [4.78, 5) is 29.1. The molecule has 7 heteroatoms. The Hall–Kier alpha value is -1.73. The number of aromatic amines is 1. The predicted molar refractivity (Wildman–Crippen MR) is 97.2 cm³/mol. The van der Waals surface area contributed by atoms with E-state index >= 15 is 0 Å². The Morgan fingerprint density at radius 1 is 1.28 bits per heavy atom. The summed E-state index contributed by atoms with van der Waals surface area (Å²) >= 11 is 1.66. The topological polar surface area (TPSA) is 65.1 Å². The number of imidazole rings is 1. The van der Waals surface area contributed by atoms with E-state index in [9.17, 15) is 4.79 Å². The molecule has 0 aliphatic carbocycles. The fourth-order valence-corrected chi connectivity index (χ4v) is 4.72. The molecule has 0 saturated carbocycles. The fraction of sp³-hybridized carbons (Fsp3) is 0.611. The number of carbonyl (C=O) groups is 1. The number of hydrogen-bond donors (Lipinski definition) is 1. The molecule has 0 atom stereocenters. The molecule has 1 spiro atoms. The normalized spacial score (nSPS) is 20.7. The molecule has 2 aliphatic heterocycles. The van der Waals surface area contributed by atoms with Gasteiger partial charge in [0, 0.05) is 36.8 Å². The second-order valence-corrected chi connectivity index (χ2v) is 8.62. The maximum Gasteiger partial charge on any atom is 0.223 e. The van der Waals surface area contributed by atoms with E-state index in [0.717, 1.165) is 55.5 Å². The van der Waals surface area contributed by atoms with Crippen LogP contribution in [-0.2, 0) is 17.9 Å². The van der Waals surface area contributed by atoms with E-state index in [0.29, 0.717) is 18.9 Å². The summed E-state index contributed by atoms with van der Waals surface area (Å²) in [6.45, 7) is 8.58. The van der Waals surface area contributed by atoms with E-state index in [-0.39, 0.29) is 5.41 Å². The zero-order chi connectivity index (χ0) is 17.4. The highest BCUT2D eigenvalue weighted by Gasteiger charge is 2.44. The van der Waals surface area contributed by atoms with Crippen molar-refractivity contribution in [1.82, 2.24) is 24.8 Å². The highest BCUT2D eigenvalue weighted by molar-refractivity contribution is 7.09. The summed E-state index contributed by atoms with van der Waals surface area (Å²) in [6.07, 6.45) is 4.82. The number of nitrogens with zero attached hydrogens (tertiary/aromatic N) is 4. The van der Waals surface area contributed by atoms with Crippen LogP contribution in [0.4, 0.5) is 0 Å². The number of aryl methyl sites for hydroxylation is 2. The third-order valence-corrected chi connectivity index (χ3v) is 6.31. The summed E-state index contributed by atoms with van der Waals surface area (Å²) in [5.74, 6) is 1.26. The third kappa shape index (κ3) is 3.62. The average Bonchev–Trinajstić information content (AvgIpc) is 3.24. The van der Waals surface area contributed by atoms with Gasteiger partial charge >= 0.3 is 0 Å². The molecule has 2 fully saturated rings. The molecule has 25 heavy (non-hydrogen) atoms. The number of hydrogen-bond acceptors (Lipinski definition) is 5. The maximum atomic E-state index is 12.5. The Morgan fingerprint density at radius 2 is 2.08 bits per heavy atom. The lowest BCUT2D eigenvalue weighted by Crippen LogP contribution is -2.41. The van der Waals surface area contributed by atoms with Crippen LogP contribution in [0.25, 0.3) is 0 Å². The second-order valence-electron chi connectivity index (χ2n) is 7.55. The lowest BCUT2D eigenvalue weighted by atomic mass is 9.77. The molecule has 0 unspecified atom stereocenters. The number of H-pyrrole nitrogens is 1. The van der Waals surface area contributed by atoms with Gasteiger partial charge in [0.05, 0.1) is 17.2 Å². The summed E-state index contributed by atoms with van der Waals surface area (Å²) in [5, 5.41) is 3.14. The number of likely N-dealkylation sites (tertiary alicyclic amines) is 2. The standard InChI is InChI=1S/C18H25N5OS/c1-13-19-8-15(20-13)9-22-5-3-18(4-6-22)7-17(24)23(12-18)10-16-11-25-14(2)21-16/h8,11H,3-7,9-10,12H2,1-2H3,(H,19,20). The lowest BCUT2D eigenvalue weighted by molar-refractivity contribution is -0.128. The van der Waals surface area contributed by atoms with Crippen LogP contribution in [0, 0.1) is 19.3 Å². The summed E-state index contributed by atoms with van der Waals surface area (Å²) in [7, 11) is 0. The number of thiazole rings is 1. The van der Waals surface area contributed by atoms with E-state index in [1.807, 2.05) is 24.9 Å². The molecule has 1 amide bonds. The van der Waals surface area contributed by atoms with Crippen LogP contribution >= 0.6 is 11.3 Å². The molecule has 1 N–H and O–H groups in total. The monoisotopic (exact) mass is 359 g/mol. The van der Waals surface area contributed by atoms with E-state index in [4.69, 9.17) is 0 Å². The van der Waals surface area contributed by atoms with E-state index < -0.39 is 0 Å². The van der Waals surface area contributed by atoms with Crippen molar-refractivity contribution in [3.8, 4) is 0 Å². The minimum atomic E-state index is 0.169. The van der Waals surface area contributed by atoms with Gasteiger partial charge in [0.25, 0.3) is 0 Å². The lowest BCUT2D eigenvalue weighted by Gasteiger charge is -2.38. The first-order valence-corrected chi connectivity index (χ1v) is 9.81. The van der Waals surface area contributed by atoms with Crippen LogP contribution in [0.1, 0.15) is 41.5 Å². The quantitative estimate of drug-likeness (QED) is 0.911. The van der Waals surface area contributed by atoms with E-state index in [1.54, 1.807) is 11.3 Å². The Balaban J connectivity index is 1.34. The van der Waals surface area contributed by atoms with Gasteiger partial charge in [0.2, 0.25) is 5.91 Å². The Bertz CT molecular complexity index is 759. The molecule has 2 aromatic rings. The minimum Gasteiger partial charge on any atom is -0.345 e. The van der Waals surface area contributed by atoms with Crippen LogP contribution in [-0.4, -0.2) is 50.3 Å². The van der Waals surface area contributed by atoms with Crippen molar-refractivity contribution >= 4 is 17.2 Å². The molecule has 134 valence electrons. The number of piperidine rings is 1. The molecule has 2 saturated heterocycles. The fourth-order valence-electron chi connectivity index (χ4n) is 4.12. The summed E-state index contributed by atoms with van der Waals surface area (Å²) in [6, 6.07) is 0. The molecule has 4 rings (SSSR count). The van der Waals surface area contributed by atoms with Crippen molar-refractivity contribution in [3.63, 3.8) is 0 Å². The first-order valence-electron chi connectivity index (χ1n) is 8.93. The number of amides is 1. The van der Waals surface area contributed by atoms with Gasteiger partial charge in [-0.25, -0.2) is 9.97 Å². The van der Waals surface area contributed by atoms with Crippen LogP contribution in [0.5, 0.6) is 0 Å². The van der Waals surface area contributed by atoms with Gasteiger partial charge in [0.1, 0.15) is 5.82 Å². The summed E-state index contributed by atoms with van der Waals surface area (Å²) in [5.41, 5.74) is 2.37. The Kier molecular flexibility index (Phi) is 4.37. The largest absolute Gasteiger partial charge is 0.345 e. The maximum absolute atomic E-state index is 12.5. The number of aromatic nitrogens is 3. The van der Waals surface area contributed by atoms with Gasteiger partial charge in [-0.3, -0.25) is 9.69 Å². The van der Waals surface area contributed by atoms with Crippen molar-refractivity contribution in [3.05, 3.63) is 33.8 Å². The van der Waals surface area contributed by atoms with Crippen molar-refractivity contribution in [2.75, 3.05) is 19.6 Å². The molecule has 6 nitrogen and oxygen atoms in total. The molecule has 0 radical (unpaired) electrons. The second kappa shape index (κ2) is 6.53. The average molecular weight is 359 g/mol. The van der Waals surface area contributed by atoms with Crippen molar-refractivity contribution in [2.45, 2.75) is 46.2 Å². The molecular formula is C18H25N5OS. The van der Waals surface area contributed by atoms with Gasteiger partial charge in [-0.1, -0.05) is 0 Å². The van der Waals surface area contributed by atoms with Crippen molar-refractivity contribution < 1.29 is 4.79 Å². The minimum absolute atomic E-state index is 0.169. The van der Waals surface area contributed by atoms with Gasteiger partial charge in [-0.05, 0) is 45.2 Å². The molecular weight excluding hydrogens is 334 g/mol. The summed E-state index contributed by atoms with van der Waals surface area (Å²) < 4.78 is 0. The van der Waals surface area contributed by atoms with Gasteiger partial charge < -0.3 is 9.88 Å². The van der Waals surface area contributed by atoms with Crippen molar-refractivity contribution in [1.29, 1.82) is 0 Å². The highest BCUT2D eigenvalue weighted by atomic mass is 32.1. The molecule has 2 aromatic heterocycles. The molecule has 0 bridgehead atoms.